The summed E-state index contributed by atoms with van der Waals surface area (Å²) in [6, 6.07) is 13.6. The van der Waals surface area contributed by atoms with Gasteiger partial charge in [0, 0.05) is 17.6 Å². The van der Waals surface area contributed by atoms with E-state index in [2.05, 4.69) is 4.98 Å². The lowest BCUT2D eigenvalue weighted by Gasteiger charge is -2.31. The lowest BCUT2D eigenvalue weighted by Crippen LogP contribution is -2.38. The maximum absolute atomic E-state index is 12.3. The number of hydrogen-bond acceptors (Lipinski definition) is 7. The lowest BCUT2D eigenvalue weighted by atomic mass is 10.1. The highest BCUT2D eigenvalue weighted by Gasteiger charge is 2.32. The fraction of sp³-hybridized carbons (Fsp3) is 0.286. The molecule has 28 heavy (non-hydrogen) atoms. The second kappa shape index (κ2) is 9.14. The highest BCUT2D eigenvalue weighted by molar-refractivity contribution is 6.03. The van der Waals surface area contributed by atoms with Crippen LogP contribution in [0.2, 0.25) is 0 Å². The van der Waals surface area contributed by atoms with Crippen molar-refractivity contribution in [3.05, 3.63) is 71.2 Å². The first-order valence-electron chi connectivity index (χ1n) is 8.88. The molecule has 0 saturated heterocycles. The van der Waals surface area contributed by atoms with Crippen LogP contribution in [0, 0.1) is 0 Å². The zero-order valence-corrected chi connectivity index (χ0v) is 15.9. The number of ether oxygens (including phenoxy) is 3. The molecule has 0 spiro atoms. The largest absolute Gasteiger partial charge is 0.466 e. The Balaban J connectivity index is 1.81. The summed E-state index contributed by atoms with van der Waals surface area (Å²) in [5, 5.41) is 0. The maximum atomic E-state index is 12.3. The summed E-state index contributed by atoms with van der Waals surface area (Å²) >= 11 is 0. The van der Waals surface area contributed by atoms with Gasteiger partial charge in [0.15, 0.2) is 0 Å². The average molecular weight is 382 g/mol. The molecule has 0 saturated carbocycles. The van der Waals surface area contributed by atoms with Crippen LogP contribution in [0.5, 0.6) is 0 Å². The second-order valence-electron chi connectivity index (χ2n) is 6.20. The molecule has 2 heterocycles. The topological polar surface area (TPSA) is 78.0 Å². The molecule has 0 bridgehead atoms. The van der Waals surface area contributed by atoms with Gasteiger partial charge in [-0.05, 0) is 42.7 Å². The SMILES string of the molecule is COC(=O)C1=C(C(=O)OC)N(c2ccc(CCc3ccccn3)cc2)COC1. The van der Waals surface area contributed by atoms with Gasteiger partial charge < -0.3 is 19.1 Å². The number of aryl methyl sites for hydroxylation is 2. The summed E-state index contributed by atoms with van der Waals surface area (Å²) < 4.78 is 15.1. The standard InChI is InChI=1S/C21H22N2O5/c1-26-20(24)18-13-28-14-23(19(18)21(25)27-2)17-10-7-15(8-11-17)6-9-16-5-3-4-12-22-16/h3-5,7-8,10-12H,6,9,13-14H2,1-2H3. The molecule has 1 aliphatic rings. The molecule has 3 rings (SSSR count). The van der Waals surface area contributed by atoms with Gasteiger partial charge in [0.25, 0.3) is 0 Å². The third-order valence-electron chi connectivity index (χ3n) is 4.48. The highest BCUT2D eigenvalue weighted by Crippen LogP contribution is 2.27. The quantitative estimate of drug-likeness (QED) is 0.709. The number of hydrogen-bond donors (Lipinski definition) is 0. The van der Waals surface area contributed by atoms with Crippen molar-refractivity contribution in [3.63, 3.8) is 0 Å². The molecule has 1 aromatic carbocycles. The Morgan fingerprint density at radius 2 is 1.79 bits per heavy atom. The van der Waals surface area contributed by atoms with Crippen molar-refractivity contribution in [2.75, 3.05) is 32.5 Å². The predicted molar refractivity (Wildman–Crippen MR) is 102 cm³/mol. The molecule has 146 valence electrons. The van der Waals surface area contributed by atoms with E-state index in [9.17, 15) is 9.59 Å². The lowest BCUT2D eigenvalue weighted by molar-refractivity contribution is -0.140. The van der Waals surface area contributed by atoms with Crippen LogP contribution in [0.3, 0.4) is 0 Å². The van der Waals surface area contributed by atoms with E-state index in [0.717, 1.165) is 29.8 Å². The van der Waals surface area contributed by atoms with E-state index in [4.69, 9.17) is 14.2 Å². The molecule has 7 heteroatoms. The van der Waals surface area contributed by atoms with Gasteiger partial charge in [0.1, 0.15) is 12.4 Å². The molecule has 0 N–H and O–H groups in total. The van der Waals surface area contributed by atoms with Gasteiger partial charge in [0.2, 0.25) is 0 Å². The molecule has 0 unspecified atom stereocenters. The van der Waals surface area contributed by atoms with Crippen molar-refractivity contribution < 1.29 is 23.8 Å². The molecule has 0 atom stereocenters. The van der Waals surface area contributed by atoms with Gasteiger partial charge in [0.05, 0.1) is 26.4 Å². The number of nitrogens with zero attached hydrogens (tertiary/aromatic N) is 2. The van der Waals surface area contributed by atoms with Crippen molar-refractivity contribution in [1.29, 1.82) is 0 Å². The minimum absolute atomic E-state index is 0.00420. The molecule has 0 amide bonds. The Bertz CT molecular complexity index is 862. The summed E-state index contributed by atoms with van der Waals surface area (Å²) in [5.41, 5.74) is 3.18. The number of benzene rings is 1. The van der Waals surface area contributed by atoms with Crippen LogP contribution in [0.4, 0.5) is 5.69 Å². The fourth-order valence-corrected chi connectivity index (χ4v) is 3.01. The monoisotopic (exact) mass is 382 g/mol. The van der Waals surface area contributed by atoms with Crippen LogP contribution in [-0.2, 0) is 36.6 Å². The Kier molecular flexibility index (Phi) is 6.39. The zero-order valence-electron chi connectivity index (χ0n) is 15.9. The third kappa shape index (κ3) is 4.37. The van der Waals surface area contributed by atoms with Gasteiger partial charge in [-0.1, -0.05) is 18.2 Å². The normalized spacial score (nSPS) is 14.0. The highest BCUT2D eigenvalue weighted by atomic mass is 16.5. The number of anilines is 1. The number of aromatic nitrogens is 1. The molecule has 0 fully saturated rings. The summed E-state index contributed by atoms with van der Waals surface area (Å²) in [7, 11) is 2.54. The van der Waals surface area contributed by atoms with Crippen LogP contribution in [0.15, 0.2) is 59.9 Å². The fourth-order valence-electron chi connectivity index (χ4n) is 3.01. The van der Waals surface area contributed by atoms with Crippen molar-refractivity contribution in [1.82, 2.24) is 4.98 Å². The summed E-state index contributed by atoms with van der Waals surface area (Å²) in [6.45, 7) is 0.133. The first-order valence-corrected chi connectivity index (χ1v) is 8.88. The predicted octanol–water partition coefficient (Wildman–Crippen LogP) is 2.26. The minimum Gasteiger partial charge on any atom is -0.466 e. The molecular weight excluding hydrogens is 360 g/mol. The molecule has 0 radical (unpaired) electrons. The van der Waals surface area contributed by atoms with Crippen LogP contribution in [0.1, 0.15) is 11.3 Å². The van der Waals surface area contributed by atoms with E-state index < -0.39 is 11.9 Å². The van der Waals surface area contributed by atoms with E-state index in [1.807, 2.05) is 42.5 Å². The number of pyridine rings is 1. The summed E-state index contributed by atoms with van der Waals surface area (Å²) in [6.07, 6.45) is 3.47. The van der Waals surface area contributed by atoms with Crippen LogP contribution in [-0.4, -0.2) is 44.5 Å². The molecule has 1 aliphatic heterocycles. The minimum atomic E-state index is -0.614. The summed E-state index contributed by atoms with van der Waals surface area (Å²) in [5.74, 6) is -1.22. The van der Waals surface area contributed by atoms with Crippen LogP contribution < -0.4 is 4.90 Å². The van der Waals surface area contributed by atoms with E-state index in [0.29, 0.717) is 0 Å². The zero-order chi connectivity index (χ0) is 19.9. The van der Waals surface area contributed by atoms with E-state index >= 15 is 0 Å². The van der Waals surface area contributed by atoms with Crippen molar-refractivity contribution >= 4 is 17.6 Å². The Hall–Kier alpha value is -3.19. The molecule has 7 nitrogen and oxygen atoms in total. The smallest absolute Gasteiger partial charge is 0.355 e. The van der Waals surface area contributed by atoms with Gasteiger partial charge in [-0.2, -0.15) is 0 Å². The van der Waals surface area contributed by atoms with Crippen molar-refractivity contribution in [3.8, 4) is 0 Å². The Morgan fingerprint density at radius 1 is 1.04 bits per heavy atom. The van der Waals surface area contributed by atoms with Crippen molar-refractivity contribution in [2.24, 2.45) is 0 Å². The first-order chi connectivity index (χ1) is 13.6. The molecule has 2 aromatic rings. The maximum Gasteiger partial charge on any atom is 0.355 e. The Labute approximate surface area is 163 Å². The molecule has 0 aliphatic carbocycles. The van der Waals surface area contributed by atoms with Crippen LogP contribution >= 0.6 is 0 Å². The van der Waals surface area contributed by atoms with E-state index in [1.54, 1.807) is 11.1 Å². The third-order valence-corrected chi connectivity index (χ3v) is 4.48. The average Bonchev–Trinajstić information content (AvgIpc) is 2.77. The van der Waals surface area contributed by atoms with Gasteiger partial charge in [-0.3, -0.25) is 4.98 Å². The van der Waals surface area contributed by atoms with Gasteiger partial charge >= 0.3 is 11.9 Å². The molecular formula is C21H22N2O5. The Morgan fingerprint density at radius 3 is 2.43 bits per heavy atom. The number of rotatable bonds is 6. The van der Waals surface area contributed by atoms with Crippen LogP contribution in [0.25, 0.3) is 0 Å². The summed E-state index contributed by atoms with van der Waals surface area (Å²) in [4.78, 5) is 30.3. The van der Waals surface area contributed by atoms with E-state index in [1.165, 1.54) is 14.2 Å². The second-order valence-corrected chi connectivity index (χ2v) is 6.20. The first kappa shape index (κ1) is 19.6. The van der Waals surface area contributed by atoms with Crippen molar-refractivity contribution in [2.45, 2.75) is 12.8 Å². The molecule has 1 aromatic heterocycles. The van der Waals surface area contributed by atoms with Gasteiger partial charge in [-0.15, -0.1) is 0 Å². The van der Waals surface area contributed by atoms with E-state index in [-0.39, 0.29) is 24.6 Å². The number of methoxy groups -OCH3 is 2. The number of esters is 2. The number of carbonyl (C=O) groups is 2. The number of carbonyl (C=O) groups excluding carboxylic acids is 2. The van der Waals surface area contributed by atoms with Gasteiger partial charge in [-0.25, -0.2) is 9.59 Å².